The Hall–Kier alpha value is -0.900. The van der Waals surface area contributed by atoms with Gasteiger partial charge in [-0.15, -0.1) is 0 Å². The van der Waals surface area contributed by atoms with Gasteiger partial charge >= 0.3 is 0 Å². The Morgan fingerprint density at radius 1 is 1.07 bits per heavy atom. The molecule has 0 atom stereocenters. The fourth-order valence-electron chi connectivity index (χ4n) is 0.927. The molecule has 0 saturated heterocycles. The molecule has 0 bridgehead atoms. The van der Waals surface area contributed by atoms with E-state index in [2.05, 4.69) is 24.5 Å². The first-order chi connectivity index (χ1) is 6.93. The molecule has 15 heavy (non-hydrogen) atoms. The van der Waals surface area contributed by atoms with Crippen molar-refractivity contribution < 1.29 is 9.59 Å². The minimum Gasteiger partial charge on any atom is -0.348 e. The molecular weight excluding hydrogens is 192 g/mol. The minimum atomic E-state index is -0.121. The first-order valence-electron chi connectivity index (χ1n) is 5.43. The van der Waals surface area contributed by atoms with Crippen LogP contribution in [0.25, 0.3) is 0 Å². The molecule has 2 N–H and O–H groups in total. The second kappa shape index (κ2) is 7.40. The topological polar surface area (TPSA) is 58.2 Å². The van der Waals surface area contributed by atoms with E-state index in [9.17, 15) is 9.59 Å². The van der Waals surface area contributed by atoms with Gasteiger partial charge < -0.3 is 10.6 Å². The second-order valence-electron chi connectivity index (χ2n) is 4.42. The number of amides is 1. The van der Waals surface area contributed by atoms with E-state index in [0.717, 1.165) is 6.54 Å². The van der Waals surface area contributed by atoms with E-state index in [1.165, 1.54) is 0 Å². The van der Waals surface area contributed by atoms with Crippen molar-refractivity contribution >= 4 is 11.7 Å². The third kappa shape index (κ3) is 8.12. The summed E-state index contributed by atoms with van der Waals surface area (Å²) in [5, 5.41) is 5.60. The number of hydrogen-bond donors (Lipinski definition) is 2. The summed E-state index contributed by atoms with van der Waals surface area (Å²) in [4.78, 5) is 22.4. The Morgan fingerprint density at radius 2 is 1.67 bits per heavy atom. The number of nitrogens with one attached hydrogen (secondary N) is 2. The highest BCUT2D eigenvalue weighted by Crippen LogP contribution is 1.91. The Labute approximate surface area is 91.8 Å². The van der Waals surface area contributed by atoms with Gasteiger partial charge in [0.2, 0.25) is 5.91 Å². The molecule has 0 rings (SSSR count). The maximum Gasteiger partial charge on any atom is 0.234 e. The summed E-state index contributed by atoms with van der Waals surface area (Å²) in [5.41, 5.74) is 0. The molecule has 0 heterocycles. The van der Waals surface area contributed by atoms with E-state index >= 15 is 0 Å². The van der Waals surface area contributed by atoms with Crippen LogP contribution in [0.15, 0.2) is 0 Å². The van der Waals surface area contributed by atoms with Gasteiger partial charge in [-0.3, -0.25) is 9.59 Å². The summed E-state index contributed by atoms with van der Waals surface area (Å²) in [7, 11) is 0. The lowest BCUT2D eigenvalue weighted by Crippen LogP contribution is -2.38. The quantitative estimate of drug-likeness (QED) is 0.651. The number of rotatable bonds is 7. The monoisotopic (exact) mass is 214 g/mol. The lowest BCUT2D eigenvalue weighted by Gasteiger charge is -2.08. The normalized spacial score (nSPS) is 10.8. The summed E-state index contributed by atoms with van der Waals surface area (Å²) >= 11 is 0. The third-order valence-corrected chi connectivity index (χ3v) is 1.94. The van der Waals surface area contributed by atoms with Gasteiger partial charge in [0.1, 0.15) is 0 Å². The first kappa shape index (κ1) is 14.1. The highest BCUT2D eigenvalue weighted by Gasteiger charge is 2.08. The Balaban J connectivity index is 3.54. The van der Waals surface area contributed by atoms with Crippen molar-refractivity contribution in [2.45, 2.75) is 27.7 Å². The van der Waals surface area contributed by atoms with Crippen molar-refractivity contribution in [3.8, 4) is 0 Å². The lowest BCUT2D eigenvalue weighted by atomic mass is 10.1. The van der Waals surface area contributed by atoms with Crippen LogP contribution in [0.3, 0.4) is 0 Å². The van der Waals surface area contributed by atoms with E-state index in [0.29, 0.717) is 5.92 Å². The largest absolute Gasteiger partial charge is 0.348 e. The summed E-state index contributed by atoms with van der Waals surface area (Å²) in [6.07, 6.45) is 0. The van der Waals surface area contributed by atoms with Crippen molar-refractivity contribution in [3.63, 3.8) is 0 Å². The van der Waals surface area contributed by atoms with Crippen molar-refractivity contribution in [3.05, 3.63) is 0 Å². The number of Topliss-reactive ketones (excluding diaryl/α,β-unsaturated/α-hetero) is 1. The summed E-state index contributed by atoms with van der Waals surface area (Å²) in [5.74, 6) is 0.445. The van der Waals surface area contributed by atoms with Crippen molar-refractivity contribution in [1.29, 1.82) is 0 Å². The second-order valence-corrected chi connectivity index (χ2v) is 4.42. The van der Waals surface area contributed by atoms with Crippen LogP contribution in [0.5, 0.6) is 0 Å². The molecule has 0 aromatic rings. The molecule has 1 amide bonds. The van der Waals surface area contributed by atoms with E-state index in [4.69, 9.17) is 0 Å². The highest BCUT2D eigenvalue weighted by molar-refractivity contribution is 5.87. The van der Waals surface area contributed by atoms with Crippen LogP contribution in [0.2, 0.25) is 0 Å². The summed E-state index contributed by atoms with van der Waals surface area (Å²) in [6, 6.07) is 0. The van der Waals surface area contributed by atoms with Crippen LogP contribution in [-0.2, 0) is 9.59 Å². The van der Waals surface area contributed by atoms with Crippen molar-refractivity contribution in [2.24, 2.45) is 11.8 Å². The molecule has 0 unspecified atom stereocenters. The minimum absolute atomic E-state index is 0.0195. The third-order valence-electron chi connectivity index (χ3n) is 1.94. The van der Waals surface area contributed by atoms with Crippen LogP contribution in [0.4, 0.5) is 0 Å². The SMILES string of the molecule is CC(C)CNCC(=O)NCC(=O)C(C)C. The molecule has 4 heteroatoms. The fraction of sp³-hybridized carbons (Fsp3) is 0.818. The Bertz CT molecular complexity index is 213. The van der Waals surface area contributed by atoms with E-state index in [1.54, 1.807) is 0 Å². The fourth-order valence-corrected chi connectivity index (χ4v) is 0.927. The van der Waals surface area contributed by atoms with Gasteiger partial charge in [-0.25, -0.2) is 0 Å². The molecular formula is C11H22N2O2. The molecule has 88 valence electrons. The molecule has 0 spiro atoms. The van der Waals surface area contributed by atoms with Crippen LogP contribution >= 0.6 is 0 Å². The van der Waals surface area contributed by atoms with Gasteiger partial charge in [-0.2, -0.15) is 0 Å². The first-order valence-corrected chi connectivity index (χ1v) is 5.43. The van der Waals surface area contributed by atoms with Gasteiger partial charge in [0.25, 0.3) is 0 Å². The van der Waals surface area contributed by atoms with Gasteiger partial charge in [0.15, 0.2) is 5.78 Å². The molecule has 0 aliphatic carbocycles. The predicted molar refractivity (Wildman–Crippen MR) is 60.6 cm³/mol. The molecule has 4 nitrogen and oxygen atoms in total. The standard InChI is InChI=1S/C11H22N2O2/c1-8(2)5-12-7-11(15)13-6-10(14)9(3)4/h8-9,12H,5-7H2,1-4H3,(H,13,15). The van der Waals surface area contributed by atoms with Crippen molar-refractivity contribution in [1.82, 2.24) is 10.6 Å². The number of hydrogen-bond acceptors (Lipinski definition) is 3. The molecule has 0 saturated carbocycles. The molecule has 0 aromatic heterocycles. The van der Waals surface area contributed by atoms with Crippen molar-refractivity contribution in [2.75, 3.05) is 19.6 Å². The van der Waals surface area contributed by atoms with E-state index in [-0.39, 0.29) is 30.7 Å². The van der Waals surface area contributed by atoms with Gasteiger partial charge in [-0.1, -0.05) is 27.7 Å². The summed E-state index contributed by atoms with van der Waals surface area (Å²) in [6.45, 7) is 9.03. The highest BCUT2D eigenvalue weighted by atomic mass is 16.2. The Morgan fingerprint density at radius 3 is 2.13 bits per heavy atom. The zero-order chi connectivity index (χ0) is 11.8. The predicted octanol–water partition coefficient (Wildman–Crippen LogP) is 0.573. The van der Waals surface area contributed by atoms with Crippen LogP contribution in [0, 0.1) is 11.8 Å². The van der Waals surface area contributed by atoms with E-state index in [1.807, 2.05) is 13.8 Å². The number of ketones is 1. The molecule has 0 fully saturated rings. The molecule has 0 aliphatic rings. The van der Waals surface area contributed by atoms with Crippen LogP contribution < -0.4 is 10.6 Å². The van der Waals surface area contributed by atoms with Gasteiger partial charge in [-0.05, 0) is 12.5 Å². The average molecular weight is 214 g/mol. The van der Waals surface area contributed by atoms with Gasteiger partial charge in [0.05, 0.1) is 13.1 Å². The molecule has 0 aliphatic heterocycles. The summed E-state index contributed by atoms with van der Waals surface area (Å²) < 4.78 is 0. The van der Waals surface area contributed by atoms with Crippen LogP contribution in [0.1, 0.15) is 27.7 Å². The van der Waals surface area contributed by atoms with Crippen LogP contribution in [-0.4, -0.2) is 31.3 Å². The number of carbonyl (C=O) groups excluding carboxylic acids is 2. The lowest BCUT2D eigenvalue weighted by molar-refractivity contribution is -0.126. The zero-order valence-electron chi connectivity index (χ0n) is 10.1. The Kier molecular flexibility index (Phi) is 6.96. The number of carbonyl (C=O) groups is 2. The average Bonchev–Trinajstić information content (AvgIpc) is 2.13. The zero-order valence-corrected chi connectivity index (χ0v) is 10.1. The molecule has 0 radical (unpaired) electrons. The maximum absolute atomic E-state index is 11.2. The molecule has 0 aromatic carbocycles. The maximum atomic E-state index is 11.2. The van der Waals surface area contributed by atoms with Gasteiger partial charge in [0, 0.05) is 5.92 Å². The van der Waals surface area contributed by atoms with E-state index < -0.39 is 0 Å². The smallest absolute Gasteiger partial charge is 0.234 e.